The van der Waals surface area contributed by atoms with Crippen molar-refractivity contribution in [3.8, 4) is 23.0 Å². The van der Waals surface area contributed by atoms with Gasteiger partial charge in [-0.2, -0.15) is 0 Å². The Morgan fingerprint density at radius 1 is 1.12 bits per heavy atom. The summed E-state index contributed by atoms with van der Waals surface area (Å²) in [6, 6.07) is 8.15. The molecule has 0 saturated heterocycles. The van der Waals surface area contributed by atoms with Crippen molar-refractivity contribution in [1.29, 1.82) is 0 Å². The lowest BCUT2D eigenvalue weighted by Crippen LogP contribution is -2.00. The van der Waals surface area contributed by atoms with Gasteiger partial charge in [0.2, 0.25) is 0 Å². The van der Waals surface area contributed by atoms with E-state index in [1.807, 2.05) is 26.0 Å². The highest BCUT2D eigenvalue weighted by atomic mass is 79.9. The minimum Gasteiger partial charge on any atom is -0.504 e. The number of methoxy groups -OCH3 is 1. The zero-order chi connectivity index (χ0) is 19.1. The summed E-state index contributed by atoms with van der Waals surface area (Å²) in [5, 5.41) is 9.62. The molecule has 6 heteroatoms. The second-order valence-electron chi connectivity index (χ2n) is 5.28. The summed E-state index contributed by atoms with van der Waals surface area (Å²) >= 11 is 3.48. The topological polar surface area (TPSA) is 65.0 Å². The zero-order valence-electron chi connectivity index (χ0n) is 14.9. The molecule has 5 nitrogen and oxygen atoms in total. The predicted octanol–water partition coefficient (Wildman–Crippen LogP) is 4.86. The number of carbonyl (C=O) groups excluding carboxylic acids is 1. The number of carbonyl (C=O) groups is 1. The van der Waals surface area contributed by atoms with Crippen LogP contribution in [0.2, 0.25) is 0 Å². The summed E-state index contributed by atoms with van der Waals surface area (Å²) < 4.78 is 17.0. The van der Waals surface area contributed by atoms with Crippen molar-refractivity contribution in [2.24, 2.45) is 0 Å². The fraction of sp³-hybridized carbons (Fsp3) is 0.250. The van der Waals surface area contributed by atoms with E-state index in [4.69, 9.17) is 14.2 Å². The van der Waals surface area contributed by atoms with E-state index in [2.05, 4.69) is 15.9 Å². The Hall–Kier alpha value is -2.47. The first-order valence-corrected chi connectivity index (χ1v) is 8.98. The number of halogens is 1. The fourth-order valence-corrected chi connectivity index (χ4v) is 2.90. The summed E-state index contributed by atoms with van der Waals surface area (Å²) in [6.45, 7) is 4.83. The van der Waals surface area contributed by atoms with Crippen LogP contribution in [0, 0.1) is 0 Å². The molecule has 2 aromatic rings. The molecule has 0 aromatic heterocycles. The van der Waals surface area contributed by atoms with Gasteiger partial charge in [-0.1, -0.05) is 6.08 Å². The number of aromatic hydroxyl groups is 1. The lowest BCUT2D eigenvalue weighted by Gasteiger charge is -2.13. The van der Waals surface area contributed by atoms with E-state index in [0.717, 1.165) is 10.0 Å². The maximum absolute atomic E-state index is 12.4. The molecule has 0 fully saturated rings. The number of phenolic OH excluding ortho intramolecular Hbond substituents is 1. The van der Waals surface area contributed by atoms with Crippen LogP contribution in [-0.4, -0.2) is 31.2 Å². The monoisotopic (exact) mass is 420 g/mol. The summed E-state index contributed by atoms with van der Waals surface area (Å²) in [6.07, 6.45) is 3.16. The van der Waals surface area contributed by atoms with E-state index >= 15 is 0 Å². The molecule has 0 aliphatic carbocycles. The van der Waals surface area contributed by atoms with Gasteiger partial charge in [0.1, 0.15) is 0 Å². The molecule has 2 aromatic carbocycles. The lowest BCUT2D eigenvalue weighted by atomic mass is 10.1. The van der Waals surface area contributed by atoms with Crippen LogP contribution in [0.5, 0.6) is 23.0 Å². The molecule has 0 heterocycles. The van der Waals surface area contributed by atoms with Crippen LogP contribution in [0.25, 0.3) is 6.08 Å². The van der Waals surface area contributed by atoms with E-state index in [-0.39, 0.29) is 17.3 Å². The summed E-state index contributed by atoms with van der Waals surface area (Å²) in [7, 11) is 1.44. The van der Waals surface area contributed by atoms with Gasteiger partial charge >= 0.3 is 0 Å². The second kappa shape index (κ2) is 9.29. The Bertz CT molecular complexity index is 814. The Balaban J connectivity index is 2.28. The van der Waals surface area contributed by atoms with Crippen LogP contribution in [0.3, 0.4) is 0 Å². The van der Waals surface area contributed by atoms with Crippen LogP contribution in [-0.2, 0) is 0 Å². The molecule has 1 N–H and O–H groups in total. The van der Waals surface area contributed by atoms with Gasteiger partial charge in [0.25, 0.3) is 0 Å². The summed E-state index contributed by atoms with van der Waals surface area (Å²) in [5.41, 5.74) is 1.22. The van der Waals surface area contributed by atoms with Crippen molar-refractivity contribution in [2.45, 2.75) is 13.8 Å². The molecule has 0 aliphatic heterocycles. The molecular weight excluding hydrogens is 400 g/mol. The molecule has 2 rings (SSSR count). The normalized spacial score (nSPS) is 10.8. The van der Waals surface area contributed by atoms with Gasteiger partial charge in [0, 0.05) is 5.56 Å². The van der Waals surface area contributed by atoms with Gasteiger partial charge in [-0.3, -0.25) is 4.79 Å². The lowest BCUT2D eigenvalue weighted by molar-refractivity contribution is 0.104. The first-order chi connectivity index (χ1) is 12.5. The number of ketones is 1. The summed E-state index contributed by atoms with van der Waals surface area (Å²) in [5.74, 6) is 1.30. The number of allylic oxidation sites excluding steroid dienone is 1. The van der Waals surface area contributed by atoms with Crippen molar-refractivity contribution in [2.75, 3.05) is 20.3 Å². The average molecular weight is 421 g/mol. The predicted molar refractivity (Wildman–Crippen MR) is 105 cm³/mol. The Kier molecular flexibility index (Phi) is 7.09. The number of rotatable bonds is 8. The maximum Gasteiger partial charge on any atom is 0.185 e. The smallest absolute Gasteiger partial charge is 0.185 e. The number of phenols is 1. The zero-order valence-corrected chi connectivity index (χ0v) is 16.5. The van der Waals surface area contributed by atoms with E-state index in [0.29, 0.717) is 30.3 Å². The van der Waals surface area contributed by atoms with Crippen molar-refractivity contribution in [3.05, 3.63) is 52.0 Å². The molecule has 0 radical (unpaired) electrons. The van der Waals surface area contributed by atoms with E-state index in [1.54, 1.807) is 12.1 Å². The minimum absolute atomic E-state index is 0.00942. The van der Waals surface area contributed by atoms with E-state index < -0.39 is 0 Å². The minimum atomic E-state index is -0.203. The Morgan fingerprint density at radius 3 is 2.50 bits per heavy atom. The van der Waals surface area contributed by atoms with Crippen LogP contribution in [0.15, 0.2) is 40.9 Å². The molecule has 0 atom stereocenters. The molecule has 0 bridgehead atoms. The first kappa shape index (κ1) is 19.8. The van der Waals surface area contributed by atoms with Crippen molar-refractivity contribution < 1.29 is 24.1 Å². The average Bonchev–Trinajstić information content (AvgIpc) is 2.63. The SMILES string of the molecule is CCOc1cc(C=CC(=O)c2ccc(O)c(OC)c2)cc(Br)c1OCC. The van der Waals surface area contributed by atoms with Crippen LogP contribution in [0.4, 0.5) is 0 Å². The van der Waals surface area contributed by atoms with Gasteiger partial charge in [-0.05, 0) is 71.7 Å². The third-order valence-electron chi connectivity index (χ3n) is 3.51. The third kappa shape index (κ3) is 4.79. The molecule has 0 amide bonds. The first-order valence-electron chi connectivity index (χ1n) is 8.18. The highest BCUT2D eigenvalue weighted by Gasteiger charge is 2.12. The molecule has 138 valence electrons. The van der Waals surface area contributed by atoms with Crippen LogP contribution in [0.1, 0.15) is 29.8 Å². The number of benzene rings is 2. The molecule has 0 aliphatic rings. The van der Waals surface area contributed by atoms with Crippen LogP contribution >= 0.6 is 15.9 Å². The van der Waals surface area contributed by atoms with E-state index in [9.17, 15) is 9.90 Å². The van der Waals surface area contributed by atoms with Crippen molar-refractivity contribution in [3.63, 3.8) is 0 Å². The standard InChI is InChI=1S/C20H21BrO5/c1-4-25-19-11-13(10-15(21)20(19)26-5-2)6-8-16(22)14-7-9-17(23)18(12-14)24-3/h6-12,23H,4-5H2,1-3H3. The third-order valence-corrected chi connectivity index (χ3v) is 4.10. The molecule has 0 unspecified atom stereocenters. The molecule has 26 heavy (non-hydrogen) atoms. The van der Waals surface area contributed by atoms with Crippen LogP contribution < -0.4 is 14.2 Å². The van der Waals surface area contributed by atoms with Gasteiger partial charge in [-0.25, -0.2) is 0 Å². The fourth-order valence-electron chi connectivity index (χ4n) is 2.33. The maximum atomic E-state index is 12.4. The van der Waals surface area contributed by atoms with Gasteiger partial charge in [0.15, 0.2) is 28.8 Å². The second-order valence-corrected chi connectivity index (χ2v) is 6.13. The highest BCUT2D eigenvalue weighted by Crippen LogP contribution is 2.37. The number of hydrogen-bond acceptors (Lipinski definition) is 5. The van der Waals surface area contributed by atoms with E-state index in [1.165, 1.54) is 25.3 Å². The quantitative estimate of drug-likeness (QED) is 0.487. The largest absolute Gasteiger partial charge is 0.504 e. The molecule has 0 saturated carbocycles. The van der Waals surface area contributed by atoms with Crippen molar-refractivity contribution in [1.82, 2.24) is 0 Å². The molecular formula is C20H21BrO5. The van der Waals surface area contributed by atoms with Gasteiger partial charge in [-0.15, -0.1) is 0 Å². The Labute approximate surface area is 161 Å². The van der Waals surface area contributed by atoms with Crippen molar-refractivity contribution >= 4 is 27.8 Å². The highest BCUT2D eigenvalue weighted by molar-refractivity contribution is 9.10. The Morgan fingerprint density at radius 2 is 1.85 bits per heavy atom. The van der Waals surface area contributed by atoms with Gasteiger partial charge in [0.05, 0.1) is 24.8 Å². The molecule has 0 spiro atoms. The van der Waals surface area contributed by atoms with Gasteiger partial charge < -0.3 is 19.3 Å². The summed E-state index contributed by atoms with van der Waals surface area (Å²) in [4.78, 5) is 12.4. The number of ether oxygens (including phenoxy) is 3. The number of hydrogen-bond donors (Lipinski definition) is 1.